The van der Waals surface area contributed by atoms with E-state index in [9.17, 15) is 26.4 Å². The molecule has 1 aromatic carbocycles. The van der Waals surface area contributed by atoms with Crippen LogP contribution in [0.4, 0.5) is 13.2 Å². The summed E-state index contributed by atoms with van der Waals surface area (Å²) < 4.78 is 66.8. The van der Waals surface area contributed by atoms with Crippen molar-refractivity contribution in [2.24, 2.45) is 7.05 Å². The van der Waals surface area contributed by atoms with Crippen LogP contribution in [0, 0.1) is 0 Å². The Morgan fingerprint density at radius 1 is 1.18 bits per heavy atom. The molecule has 3 heterocycles. The second kappa shape index (κ2) is 9.14. The van der Waals surface area contributed by atoms with Gasteiger partial charge < -0.3 is 9.88 Å². The average Bonchev–Trinajstić information content (AvgIpc) is 3.47. The zero-order chi connectivity index (χ0) is 24.5. The molecule has 1 unspecified atom stereocenters. The van der Waals surface area contributed by atoms with E-state index >= 15 is 0 Å². The lowest BCUT2D eigenvalue weighted by atomic mass is 10.1. The topological polar surface area (TPSA) is 110 Å². The smallest absolute Gasteiger partial charge is 0.349 e. The zero-order valence-corrected chi connectivity index (χ0v) is 18.8. The molecule has 34 heavy (non-hydrogen) atoms. The summed E-state index contributed by atoms with van der Waals surface area (Å²) >= 11 is 0. The third-order valence-corrected chi connectivity index (χ3v) is 7.23. The average molecular weight is 494 g/mol. The molecule has 1 N–H and O–H groups in total. The van der Waals surface area contributed by atoms with E-state index in [2.05, 4.69) is 20.3 Å². The van der Waals surface area contributed by atoms with E-state index in [1.807, 2.05) is 0 Å². The van der Waals surface area contributed by atoms with Crippen molar-refractivity contribution in [2.75, 3.05) is 6.54 Å². The summed E-state index contributed by atoms with van der Waals surface area (Å²) in [5, 5.41) is 2.58. The summed E-state index contributed by atoms with van der Waals surface area (Å²) in [7, 11) is -2.26. The van der Waals surface area contributed by atoms with Crippen LogP contribution in [0.1, 0.15) is 24.1 Å². The van der Waals surface area contributed by atoms with E-state index < -0.39 is 33.7 Å². The second-order valence-corrected chi connectivity index (χ2v) is 9.68. The van der Waals surface area contributed by atoms with Crippen molar-refractivity contribution in [3.63, 3.8) is 0 Å². The SMILES string of the molecule is Cn1cnc(S(=O)(=O)N2CCCC2C(=O)NCc2cc(-c3ccc(C(F)(F)F)cc3)ncn2)c1. The highest BCUT2D eigenvalue weighted by Crippen LogP contribution is 2.30. The second-order valence-electron chi connectivity index (χ2n) is 7.84. The number of carbonyl (C=O) groups excluding carboxylic acids is 1. The fourth-order valence-corrected chi connectivity index (χ4v) is 5.34. The van der Waals surface area contributed by atoms with Crippen molar-refractivity contribution in [2.45, 2.75) is 36.6 Å². The molecule has 0 bridgehead atoms. The standard InChI is InChI=1S/C21H21F3N6O3S/c1-29-11-19(28-13-29)34(32,33)30-8-2-3-18(30)20(31)25-10-16-9-17(27-12-26-16)14-4-6-15(7-5-14)21(22,23)24/h4-7,9,11-13,18H,2-3,8,10H2,1H3,(H,25,31). The molecule has 1 aliphatic heterocycles. The van der Waals surface area contributed by atoms with Crippen LogP contribution in [0.25, 0.3) is 11.3 Å². The molecular formula is C21H21F3N6O3S. The maximum Gasteiger partial charge on any atom is 0.416 e. The van der Waals surface area contributed by atoms with E-state index in [0.29, 0.717) is 29.8 Å². The summed E-state index contributed by atoms with van der Waals surface area (Å²) in [6.07, 6.45) is 0.488. The Morgan fingerprint density at radius 2 is 1.91 bits per heavy atom. The van der Waals surface area contributed by atoms with Crippen molar-refractivity contribution >= 4 is 15.9 Å². The van der Waals surface area contributed by atoms with Crippen LogP contribution in [0.2, 0.25) is 0 Å². The number of halogens is 3. The molecule has 0 spiro atoms. The van der Waals surface area contributed by atoms with Crippen molar-refractivity contribution in [3.05, 3.63) is 60.4 Å². The first kappa shape index (κ1) is 23.8. The number of imidazole rings is 1. The molecule has 1 amide bonds. The number of nitrogens with one attached hydrogen (secondary N) is 1. The van der Waals surface area contributed by atoms with Crippen LogP contribution in [0.15, 0.2) is 54.2 Å². The Kier molecular flexibility index (Phi) is 6.41. The molecule has 0 aliphatic carbocycles. The van der Waals surface area contributed by atoms with Gasteiger partial charge in [-0.2, -0.15) is 17.5 Å². The minimum absolute atomic E-state index is 0.00294. The van der Waals surface area contributed by atoms with Gasteiger partial charge in [-0.15, -0.1) is 0 Å². The van der Waals surface area contributed by atoms with Crippen LogP contribution < -0.4 is 5.32 Å². The lowest BCUT2D eigenvalue weighted by Crippen LogP contribution is -2.45. The van der Waals surface area contributed by atoms with Crippen LogP contribution >= 0.6 is 0 Å². The number of nitrogens with zero attached hydrogens (tertiary/aromatic N) is 5. The van der Waals surface area contributed by atoms with Gasteiger partial charge in [0.05, 0.1) is 29.8 Å². The van der Waals surface area contributed by atoms with Crippen LogP contribution in [0.3, 0.4) is 0 Å². The van der Waals surface area contributed by atoms with E-state index in [1.54, 1.807) is 13.1 Å². The number of alkyl halides is 3. The highest BCUT2D eigenvalue weighted by molar-refractivity contribution is 7.89. The lowest BCUT2D eigenvalue weighted by molar-refractivity contribution is -0.137. The van der Waals surface area contributed by atoms with Crippen molar-refractivity contribution in [1.82, 2.24) is 29.1 Å². The van der Waals surface area contributed by atoms with Gasteiger partial charge >= 0.3 is 6.18 Å². The molecule has 0 saturated carbocycles. The van der Waals surface area contributed by atoms with Gasteiger partial charge in [-0.3, -0.25) is 4.79 Å². The van der Waals surface area contributed by atoms with Crippen molar-refractivity contribution in [1.29, 1.82) is 0 Å². The maximum atomic E-state index is 12.9. The molecule has 1 saturated heterocycles. The highest BCUT2D eigenvalue weighted by Gasteiger charge is 2.40. The first-order chi connectivity index (χ1) is 16.1. The number of rotatable bonds is 6. The van der Waals surface area contributed by atoms with Gasteiger partial charge in [-0.05, 0) is 31.0 Å². The Morgan fingerprint density at radius 3 is 2.56 bits per heavy atom. The normalized spacial score (nSPS) is 17.1. The number of amides is 1. The molecule has 2 aromatic heterocycles. The largest absolute Gasteiger partial charge is 0.416 e. The number of hydrogen-bond donors (Lipinski definition) is 1. The van der Waals surface area contributed by atoms with Crippen LogP contribution in [0.5, 0.6) is 0 Å². The predicted octanol–water partition coefficient (Wildman–Crippen LogP) is 2.37. The monoisotopic (exact) mass is 494 g/mol. The molecule has 4 rings (SSSR count). The van der Waals surface area contributed by atoms with Gasteiger partial charge in [0.15, 0.2) is 5.03 Å². The van der Waals surface area contributed by atoms with Crippen LogP contribution in [-0.4, -0.2) is 50.7 Å². The first-order valence-corrected chi connectivity index (χ1v) is 11.8. The summed E-state index contributed by atoms with van der Waals surface area (Å²) in [4.78, 5) is 24.9. The first-order valence-electron chi connectivity index (χ1n) is 10.3. The Balaban J connectivity index is 1.44. The van der Waals surface area contributed by atoms with Gasteiger partial charge in [0.2, 0.25) is 5.91 Å². The molecule has 1 fully saturated rings. The third-order valence-electron chi connectivity index (χ3n) is 5.44. The molecule has 1 atom stereocenters. The molecule has 1 aliphatic rings. The number of aryl methyl sites for hydroxylation is 1. The van der Waals surface area contributed by atoms with E-state index in [1.165, 1.54) is 35.6 Å². The molecule has 3 aromatic rings. The number of benzene rings is 1. The molecule has 13 heteroatoms. The molecule has 180 valence electrons. The number of aromatic nitrogens is 4. The third kappa shape index (κ3) is 4.94. The quantitative estimate of drug-likeness (QED) is 0.564. The van der Waals surface area contributed by atoms with Gasteiger partial charge in [-0.25, -0.2) is 23.4 Å². The molecule has 0 radical (unpaired) electrons. The fourth-order valence-electron chi connectivity index (χ4n) is 3.71. The number of hydrogen-bond acceptors (Lipinski definition) is 6. The van der Waals surface area contributed by atoms with Crippen LogP contribution in [-0.2, 0) is 34.6 Å². The number of sulfonamides is 1. The summed E-state index contributed by atoms with van der Waals surface area (Å²) in [5.74, 6) is -0.466. The van der Waals surface area contributed by atoms with Crippen molar-refractivity contribution < 1.29 is 26.4 Å². The fraction of sp³-hybridized carbons (Fsp3) is 0.333. The Labute approximate surface area is 193 Å². The van der Waals surface area contributed by atoms with Gasteiger partial charge in [0.25, 0.3) is 10.0 Å². The lowest BCUT2D eigenvalue weighted by Gasteiger charge is -2.22. The minimum atomic E-state index is -4.43. The predicted molar refractivity (Wildman–Crippen MR) is 114 cm³/mol. The van der Waals surface area contributed by atoms with E-state index in [4.69, 9.17) is 0 Å². The van der Waals surface area contributed by atoms with Gasteiger partial charge in [0, 0.05) is 25.4 Å². The van der Waals surface area contributed by atoms with Gasteiger partial charge in [-0.1, -0.05) is 12.1 Å². The molecular weight excluding hydrogens is 473 g/mol. The zero-order valence-electron chi connectivity index (χ0n) is 18.0. The Bertz CT molecular complexity index is 1290. The highest BCUT2D eigenvalue weighted by atomic mass is 32.2. The summed E-state index contributed by atoms with van der Waals surface area (Å²) in [6.45, 7) is 0.214. The maximum absolute atomic E-state index is 12.9. The summed E-state index contributed by atoms with van der Waals surface area (Å²) in [5.41, 5.74) is 0.523. The minimum Gasteiger partial charge on any atom is -0.349 e. The van der Waals surface area contributed by atoms with Crippen molar-refractivity contribution in [3.8, 4) is 11.3 Å². The molecule has 9 nitrogen and oxygen atoms in total. The Hall–Kier alpha value is -3.32. The van der Waals surface area contributed by atoms with Gasteiger partial charge in [0.1, 0.15) is 12.4 Å². The number of carbonyl (C=O) groups is 1. The summed E-state index contributed by atoms with van der Waals surface area (Å²) in [6, 6.07) is 5.24. The van der Waals surface area contributed by atoms with E-state index in [-0.39, 0.29) is 18.1 Å². The van der Waals surface area contributed by atoms with E-state index in [0.717, 1.165) is 16.4 Å².